The van der Waals surface area contributed by atoms with E-state index in [0.717, 1.165) is 18.6 Å². The number of hydrogen-bond acceptors (Lipinski definition) is 3. The Hall–Kier alpha value is -0.830. The van der Waals surface area contributed by atoms with Crippen LogP contribution < -0.4 is 0 Å². The van der Waals surface area contributed by atoms with Crippen molar-refractivity contribution in [1.82, 2.24) is 5.16 Å². The molecule has 1 rings (SSSR count). The highest BCUT2D eigenvalue weighted by Gasteiger charge is 2.07. The second kappa shape index (κ2) is 3.53. The van der Waals surface area contributed by atoms with Gasteiger partial charge in [0, 0.05) is 12.5 Å². The Morgan fingerprint density at radius 2 is 2.45 bits per heavy atom. The van der Waals surface area contributed by atoms with Crippen LogP contribution in [0.15, 0.2) is 10.6 Å². The van der Waals surface area contributed by atoms with Gasteiger partial charge in [0.1, 0.15) is 11.5 Å². The summed E-state index contributed by atoms with van der Waals surface area (Å²) < 4.78 is 4.96. The summed E-state index contributed by atoms with van der Waals surface area (Å²) in [6.45, 7) is 3.75. The average molecular weight is 155 g/mol. The SMILES string of the molecule is CCCc1cc(C(C)O)no1. The molecule has 0 bridgehead atoms. The molecule has 1 atom stereocenters. The summed E-state index contributed by atoms with van der Waals surface area (Å²) in [6, 6.07) is 1.80. The molecule has 0 radical (unpaired) electrons. The average Bonchev–Trinajstić information content (AvgIpc) is 2.37. The molecular formula is C8H13NO2. The van der Waals surface area contributed by atoms with Gasteiger partial charge in [-0.2, -0.15) is 0 Å². The van der Waals surface area contributed by atoms with Crippen molar-refractivity contribution in [2.24, 2.45) is 0 Å². The molecule has 11 heavy (non-hydrogen) atoms. The van der Waals surface area contributed by atoms with Crippen LogP contribution in [0, 0.1) is 0 Å². The Morgan fingerprint density at radius 1 is 1.73 bits per heavy atom. The lowest BCUT2D eigenvalue weighted by Gasteiger charge is -1.92. The van der Waals surface area contributed by atoms with Crippen LogP contribution in [-0.4, -0.2) is 10.3 Å². The molecule has 1 aromatic heterocycles. The lowest BCUT2D eigenvalue weighted by molar-refractivity contribution is 0.187. The lowest BCUT2D eigenvalue weighted by atomic mass is 10.2. The molecule has 0 spiro atoms. The molecule has 3 heteroatoms. The summed E-state index contributed by atoms with van der Waals surface area (Å²) >= 11 is 0. The summed E-state index contributed by atoms with van der Waals surface area (Å²) in [7, 11) is 0. The maximum Gasteiger partial charge on any atom is 0.137 e. The summed E-state index contributed by atoms with van der Waals surface area (Å²) in [5.74, 6) is 0.850. The summed E-state index contributed by atoms with van der Waals surface area (Å²) in [4.78, 5) is 0. The third kappa shape index (κ3) is 2.05. The molecule has 1 heterocycles. The molecule has 0 fully saturated rings. The summed E-state index contributed by atoms with van der Waals surface area (Å²) in [6.07, 6.45) is 1.40. The molecule has 0 aromatic carbocycles. The first-order valence-corrected chi connectivity index (χ1v) is 3.87. The zero-order valence-corrected chi connectivity index (χ0v) is 6.87. The van der Waals surface area contributed by atoms with Gasteiger partial charge in [0.15, 0.2) is 0 Å². The molecule has 1 unspecified atom stereocenters. The van der Waals surface area contributed by atoms with Crippen molar-refractivity contribution < 1.29 is 9.63 Å². The van der Waals surface area contributed by atoms with Crippen molar-refractivity contribution in [3.63, 3.8) is 0 Å². The van der Waals surface area contributed by atoms with Crippen molar-refractivity contribution in [3.8, 4) is 0 Å². The van der Waals surface area contributed by atoms with Crippen LogP contribution in [0.2, 0.25) is 0 Å². The van der Waals surface area contributed by atoms with E-state index in [2.05, 4.69) is 12.1 Å². The first kappa shape index (κ1) is 8.27. The monoisotopic (exact) mass is 155 g/mol. The van der Waals surface area contributed by atoms with Gasteiger partial charge in [0.05, 0.1) is 6.10 Å². The fourth-order valence-corrected chi connectivity index (χ4v) is 0.890. The lowest BCUT2D eigenvalue weighted by Crippen LogP contribution is -1.88. The standard InChI is InChI=1S/C8H13NO2/c1-3-4-7-5-8(6(2)10)9-11-7/h5-6,10H,3-4H2,1-2H3. The van der Waals surface area contributed by atoms with Crippen LogP contribution in [0.1, 0.15) is 37.8 Å². The van der Waals surface area contributed by atoms with Gasteiger partial charge in [-0.25, -0.2) is 0 Å². The van der Waals surface area contributed by atoms with Crippen LogP contribution in [0.3, 0.4) is 0 Å². The smallest absolute Gasteiger partial charge is 0.137 e. The quantitative estimate of drug-likeness (QED) is 0.722. The fourth-order valence-electron chi connectivity index (χ4n) is 0.890. The number of aryl methyl sites for hydroxylation is 1. The number of aliphatic hydroxyl groups excluding tert-OH is 1. The van der Waals surface area contributed by atoms with E-state index in [4.69, 9.17) is 9.63 Å². The van der Waals surface area contributed by atoms with Gasteiger partial charge in [0.2, 0.25) is 0 Å². The normalized spacial score (nSPS) is 13.4. The third-order valence-electron chi connectivity index (χ3n) is 1.50. The molecular weight excluding hydrogens is 142 g/mol. The maximum atomic E-state index is 9.08. The molecule has 62 valence electrons. The summed E-state index contributed by atoms with van der Waals surface area (Å²) in [5, 5.41) is 12.8. The molecule has 0 aliphatic rings. The molecule has 1 N–H and O–H groups in total. The number of rotatable bonds is 3. The molecule has 0 saturated heterocycles. The van der Waals surface area contributed by atoms with Crippen molar-refractivity contribution in [2.45, 2.75) is 32.8 Å². The van der Waals surface area contributed by atoms with Gasteiger partial charge in [0.25, 0.3) is 0 Å². The Bertz CT molecular complexity index is 218. The van der Waals surface area contributed by atoms with E-state index < -0.39 is 6.10 Å². The Labute approximate surface area is 66.0 Å². The first-order chi connectivity index (χ1) is 5.24. The summed E-state index contributed by atoms with van der Waals surface area (Å²) in [5.41, 5.74) is 0.619. The molecule has 3 nitrogen and oxygen atoms in total. The predicted molar refractivity (Wildman–Crippen MR) is 41.1 cm³/mol. The van der Waals surface area contributed by atoms with E-state index in [9.17, 15) is 0 Å². The van der Waals surface area contributed by atoms with Crippen molar-refractivity contribution in [1.29, 1.82) is 0 Å². The number of aromatic nitrogens is 1. The minimum atomic E-state index is -0.524. The number of hydrogen-bond donors (Lipinski definition) is 1. The molecule has 0 aliphatic heterocycles. The van der Waals surface area contributed by atoms with E-state index in [-0.39, 0.29) is 0 Å². The molecule has 1 aromatic rings. The number of aliphatic hydroxyl groups is 1. The minimum absolute atomic E-state index is 0.524. The van der Waals surface area contributed by atoms with E-state index in [0.29, 0.717) is 5.69 Å². The fraction of sp³-hybridized carbons (Fsp3) is 0.625. The van der Waals surface area contributed by atoms with Gasteiger partial charge in [-0.15, -0.1) is 0 Å². The molecule has 0 aliphatic carbocycles. The van der Waals surface area contributed by atoms with E-state index in [1.54, 1.807) is 13.0 Å². The van der Waals surface area contributed by atoms with Gasteiger partial charge in [-0.1, -0.05) is 12.1 Å². The highest BCUT2D eigenvalue weighted by Crippen LogP contribution is 2.12. The third-order valence-corrected chi connectivity index (χ3v) is 1.50. The molecule has 0 amide bonds. The van der Waals surface area contributed by atoms with Crippen LogP contribution in [0.4, 0.5) is 0 Å². The number of nitrogens with zero attached hydrogens (tertiary/aromatic N) is 1. The zero-order valence-electron chi connectivity index (χ0n) is 6.87. The van der Waals surface area contributed by atoms with Crippen molar-refractivity contribution in [2.75, 3.05) is 0 Å². The largest absolute Gasteiger partial charge is 0.387 e. The highest BCUT2D eigenvalue weighted by molar-refractivity contribution is 5.07. The predicted octanol–water partition coefficient (Wildman–Crippen LogP) is 1.68. The maximum absolute atomic E-state index is 9.08. The molecule has 0 saturated carbocycles. The Morgan fingerprint density at radius 3 is 2.91 bits per heavy atom. The van der Waals surface area contributed by atoms with Crippen LogP contribution in [0.25, 0.3) is 0 Å². The topological polar surface area (TPSA) is 46.3 Å². The van der Waals surface area contributed by atoms with Crippen LogP contribution in [-0.2, 0) is 6.42 Å². The van der Waals surface area contributed by atoms with Crippen molar-refractivity contribution >= 4 is 0 Å². The minimum Gasteiger partial charge on any atom is -0.387 e. The van der Waals surface area contributed by atoms with Gasteiger partial charge >= 0.3 is 0 Å². The second-order valence-corrected chi connectivity index (χ2v) is 2.64. The Balaban J connectivity index is 2.66. The van der Waals surface area contributed by atoms with Crippen LogP contribution in [0.5, 0.6) is 0 Å². The zero-order chi connectivity index (χ0) is 8.27. The van der Waals surface area contributed by atoms with Gasteiger partial charge in [-0.05, 0) is 13.3 Å². The van der Waals surface area contributed by atoms with Gasteiger partial charge in [-0.3, -0.25) is 0 Å². The second-order valence-electron chi connectivity index (χ2n) is 2.64. The Kier molecular flexibility index (Phi) is 2.65. The van der Waals surface area contributed by atoms with E-state index in [1.807, 2.05) is 0 Å². The first-order valence-electron chi connectivity index (χ1n) is 3.87. The van der Waals surface area contributed by atoms with E-state index in [1.165, 1.54) is 0 Å². The van der Waals surface area contributed by atoms with Crippen molar-refractivity contribution in [3.05, 3.63) is 17.5 Å². The van der Waals surface area contributed by atoms with Crippen LogP contribution >= 0.6 is 0 Å². The highest BCUT2D eigenvalue weighted by atomic mass is 16.5. The van der Waals surface area contributed by atoms with Gasteiger partial charge < -0.3 is 9.63 Å². The van der Waals surface area contributed by atoms with E-state index >= 15 is 0 Å².